The zero-order valence-electron chi connectivity index (χ0n) is 17.2. The number of guanidine groups is 1. The number of amides is 1. The molecule has 2 heterocycles. The Kier molecular flexibility index (Phi) is 7.10. The van der Waals surface area contributed by atoms with Crippen molar-refractivity contribution in [3.8, 4) is 23.8 Å². The van der Waals surface area contributed by atoms with Gasteiger partial charge in [0.05, 0.1) is 24.6 Å². The molecule has 1 aromatic heterocycles. The van der Waals surface area contributed by atoms with Gasteiger partial charge in [-0.05, 0) is 37.3 Å². The number of aliphatic imine (C=N–C) groups is 1. The van der Waals surface area contributed by atoms with E-state index in [2.05, 4.69) is 21.2 Å². The van der Waals surface area contributed by atoms with Crippen molar-refractivity contribution in [3.05, 3.63) is 47.8 Å². The molecule has 1 amide bonds. The van der Waals surface area contributed by atoms with E-state index < -0.39 is 22.9 Å². The normalized spacial score (nSPS) is 18.0. The first-order valence-electron chi connectivity index (χ1n) is 9.48. The Morgan fingerprint density at radius 2 is 2.19 bits per heavy atom. The van der Waals surface area contributed by atoms with Crippen LogP contribution in [0.15, 0.2) is 41.5 Å². The molecule has 0 aliphatic carbocycles. The van der Waals surface area contributed by atoms with E-state index in [-0.39, 0.29) is 24.0 Å². The molecule has 0 bridgehead atoms. The predicted molar refractivity (Wildman–Crippen MR) is 119 cm³/mol. The Morgan fingerprint density at radius 3 is 2.84 bits per heavy atom. The molecule has 162 valence electrons. The van der Waals surface area contributed by atoms with E-state index in [0.717, 1.165) is 0 Å². The Balaban J connectivity index is 1.82. The van der Waals surface area contributed by atoms with Crippen molar-refractivity contribution in [1.82, 2.24) is 9.29 Å². The van der Waals surface area contributed by atoms with Crippen LogP contribution >= 0.6 is 0 Å². The average Bonchev–Trinajstić information content (AvgIpc) is 2.77. The van der Waals surface area contributed by atoms with Crippen molar-refractivity contribution in [2.45, 2.75) is 13.0 Å². The van der Waals surface area contributed by atoms with E-state index in [1.165, 1.54) is 10.5 Å². The van der Waals surface area contributed by atoms with Gasteiger partial charge in [0.15, 0.2) is 0 Å². The van der Waals surface area contributed by atoms with Crippen molar-refractivity contribution in [2.24, 2.45) is 10.7 Å². The number of terminal acetylenes is 1. The SMILES string of the molecule is C#CCOc1ccc(C(=O)Nc2ccc(OCC)c([C@H]3CS(=O)N(C)C(N)=N3)c2)nc1. The van der Waals surface area contributed by atoms with Gasteiger partial charge in [-0.2, -0.15) is 0 Å². The molecule has 1 unspecified atom stereocenters. The zero-order chi connectivity index (χ0) is 22.4. The number of nitrogens with zero attached hydrogens (tertiary/aromatic N) is 3. The minimum absolute atomic E-state index is 0.122. The van der Waals surface area contributed by atoms with Crippen LogP contribution in [0.1, 0.15) is 29.0 Å². The third kappa shape index (κ3) is 5.32. The van der Waals surface area contributed by atoms with Gasteiger partial charge < -0.3 is 20.5 Å². The van der Waals surface area contributed by atoms with Gasteiger partial charge in [-0.3, -0.25) is 9.10 Å². The summed E-state index contributed by atoms with van der Waals surface area (Å²) in [4.78, 5) is 21.1. The monoisotopic (exact) mass is 441 g/mol. The van der Waals surface area contributed by atoms with E-state index in [4.69, 9.17) is 21.6 Å². The van der Waals surface area contributed by atoms with Gasteiger partial charge >= 0.3 is 0 Å². The summed E-state index contributed by atoms with van der Waals surface area (Å²) in [5.74, 6) is 3.48. The van der Waals surface area contributed by atoms with Crippen LogP contribution in [0.4, 0.5) is 5.69 Å². The number of carbonyl (C=O) groups is 1. The van der Waals surface area contributed by atoms with Crippen LogP contribution in [-0.2, 0) is 11.0 Å². The molecule has 1 aromatic carbocycles. The van der Waals surface area contributed by atoms with Crippen molar-refractivity contribution in [2.75, 3.05) is 31.3 Å². The summed E-state index contributed by atoms with van der Waals surface area (Å²) >= 11 is 0. The molecular formula is C21H23N5O4S. The molecule has 0 spiro atoms. The number of ether oxygens (including phenoxy) is 2. The minimum atomic E-state index is -1.31. The Morgan fingerprint density at radius 1 is 1.39 bits per heavy atom. The van der Waals surface area contributed by atoms with Crippen molar-refractivity contribution < 1.29 is 18.5 Å². The van der Waals surface area contributed by atoms with E-state index in [1.807, 2.05) is 6.92 Å². The van der Waals surface area contributed by atoms with Gasteiger partial charge in [0.1, 0.15) is 34.8 Å². The third-order valence-electron chi connectivity index (χ3n) is 4.43. The topological polar surface area (TPSA) is 119 Å². The Hall–Kier alpha value is -3.58. The van der Waals surface area contributed by atoms with Gasteiger partial charge in [-0.1, -0.05) is 5.92 Å². The molecule has 3 rings (SSSR count). The fraction of sp³-hybridized carbons (Fsp3) is 0.286. The molecule has 0 saturated carbocycles. The maximum Gasteiger partial charge on any atom is 0.274 e. The first kappa shape index (κ1) is 22.1. The lowest BCUT2D eigenvalue weighted by molar-refractivity contribution is 0.102. The highest BCUT2D eigenvalue weighted by Crippen LogP contribution is 2.33. The second-order valence-corrected chi connectivity index (χ2v) is 8.02. The van der Waals surface area contributed by atoms with Gasteiger partial charge in [0.25, 0.3) is 5.91 Å². The van der Waals surface area contributed by atoms with Crippen LogP contribution in [0.2, 0.25) is 0 Å². The number of anilines is 1. The lowest BCUT2D eigenvalue weighted by atomic mass is 10.1. The summed E-state index contributed by atoms with van der Waals surface area (Å²) in [6, 6.07) is 7.91. The van der Waals surface area contributed by atoms with Gasteiger partial charge in [-0.15, -0.1) is 6.42 Å². The number of pyridine rings is 1. The van der Waals surface area contributed by atoms with Gasteiger partial charge in [0.2, 0.25) is 5.96 Å². The van der Waals surface area contributed by atoms with E-state index in [0.29, 0.717) is 29.4 Å². The lowest BCUT2D eigenvalue weighted by Crippen LogP contribution is -2.41. The van der Waals surface area contributed by atoms with E-state index >= 15 is 0 Å². The maximum atomic E-state index is 12.6. The number of carbonyl (C=O) groups excluding carboxylic acids is 1. The summed E-state index contributed by atoms with van der Waals surface area (Å²) in [6.45, 7) is 2.44. The molecule has 2 atom stereocenters. The van der Waals surface area contributed by atoms with Crippen molar-refractivity contribution in [1.29, 1.82) is 0 Å². The van der Waals surface area contributed by atoms with Crippen LogP contribution in [-0.4, -0.2) is 51.4 Å². The largest absolute Gasteiger partial charge is 0.494 e. The number of aromatic nitrogens is 1. The molecule has 10 heteroatoms. The smallest absolute Gasteiger partial charge is 0.274 e. The maximum absolute atomic E-state index is 12.6. The number of benzene rings is 1. The fourth-order valence-corrected chi connectivity index (χ4v) is 3.89. The lowest BCUT2D eigenvalue weighted by Gasteiger charge is -2.27. The second kappa shape index (κ2) is 9.95. The quantitative estimate of drug-likeness (QED) is 0.632. The molecule has 0 saturated heterocycles. The van der Waals surface area contributed by atoms with Crippen LogP contribution in [0.3, 0.4) is 0 Å². The first-order valence-corrected chi connectivity index (χ1v) is 10.8. The molecule has 0 fully saturated rings. The molecular weight excluding hydrogens is 418 g/mol. The minimum Gasteiger partial charge on any atom is -0.494 e. The van der Waals surface area contributed by atoms with E-state index in [9.17, 15) is 9.00 Å². The molecule has 0 radical (unpaired) electrons. The first-order chi connectivity index (χ1) is 14.9. The number of rotatable bonds is 7. The van der Waals surface area contributed by atoms with Gasteiger partial charge in [-0.25, -0.2) is 14.2 Å². The molecule has 31 heavy (non-hydrogen) atoms. The molecule has 1 aliphatic rings. The van der Waals surface area contributed by atoms with Crippen LogP contribution in [0.5, 0.6) is 11.5 Å². The number of hydrogen-bond acceptors (Lipinski definition) is 7. The summed E-state index contributed by atoms with van der Waals surface area (Å²) in [7, 11) is 0.317. The molecule has 3 N–H and O–H groups in total. The zero-order valence-corrected chi connectivity index (χ0v) is 18.0. The van der Waals surface area contributed by atoms with Crippen molar-refractivity contribution >= 4 is 28.5 Å². The average molecular weight is 442 g/mol. The third-order valence-corrected chi connectivity index (χ3v) is 5.83. The predicted octanol–water partition coefficient (Wildman–Crippen LogP) is 1.71. The number of nitrogens with one attached hydrogen (secondary N) is 1. The van der Waals surface area contributed by atoms with Gasteiger partial charge in [0, 0.05) is 18.3 Å². The number of hydrogen-bond donors (Lipinski definition) is 2. The standard InChI is InChI=1S/C21H23N5O4S/c1-4-10-30-15-7-8-17(23-12-15)20(27)24-14-6-9-19(29-5-2)16(11-14)18-13-31(28)26(3)21(22)25-18/h1,6-9,11-12,18H,5,10,13H2,2-3H3,(H2,22,25)(H,24,27)/t18-,31?/m1/s1. The summed E-state index contributed by atoms with van der Waals surface area (Å²) in [6.07, 6.45) is 6.59. The summed E-state index contributed by atoms with van der Waals surface area (Å²) < 4.78 is 24.7. The Labute approximate surface area is 183 Å². The van der Waals surface area contributed by atoms with Crippen LogP contribution in [0, 0.1) is 12.3 Å². The highest BCUT2D eigenvalue weighted by atomic mass is 32.2. The Bertz CT molecular complexity index is 1050. The van der Waals surface area contributed by atoms with Crippen LogP contribution < -0.4 is 20.5 Å². The fourth-order valence-electron chi connectivity index (χ4n) is 2.88. The number of nitrogens with two attached hydrogens (primary N) is 1. The molecule has 9 nitrogen and oxygen atoms in total. The summed E-state index contributed by atoms with van der Waals surface area (Å²) in [5, 5.41) is 2.80. The summed E-state index contributed by atoms with van der Waals surface area (Å²) in [5.41, 5.74) is 7.33. The molecule has 1 aliphatic heterocycles. The van der Waals surface area contributed by atoms with Crippen LogP contribution in [0.25, 0.3) is 0 Å². The van der Waals surface area contributed by atoms with Crippen molar-refractivity contribution in [3.63, 3.8) is 0 Å². The highest BCUT2D eigenvalue weighted by Gasteiger charge is 2.27. The molecule has 2 aromatic rings. The highest BCUT2D eigenvalue weighted by molar-refractivity contribution is 7.83. The van der Waals surface area contributed by atoms with E-state index in [1.54, 1.807) is 37.4 Å². The second-order valence-electron chi connectivity index (χ2n) is 6.50.